The number of nitrogens with zero attached hydrogens (tertiary/aromatic N) is 2. The van der Waals surface area contributed by atoms with Crippen LogP contribution < -0.4 is 5.32 Å². The first-order chi connectivity index (χ1) is 14.4. The summed E-state index contributed by atoms with van der Waals surface area (Å²) in [5.74, 6) is -0.606. The molecule has 2 aromatic rings. The smallest absolute Gasteiger partial charge is 0.338 e. The summed E-state index contributed by atoms with van der Waals surface area (Å²) in [5.41, 5.74) is 1.71. The molecule has 0 unspecified atom stereocenters. The molecule has 0 saturated carbocycles. The highest BCUT2D eigenvalue weighted by atomic mass is 16.6. The minimum atomic E-state index is -0.967. The summed E-state index contributed by atoms with van der Waals surface area (Å²) >= 11 is 0. The van der Waals surface area contributed by atoms with Crippen LogP contribution in [0.25, 0.3) is 0 Å². The monoisotopic (exact) mass is 409 g/mol. The number of para-hydroxylation sites is 1. The zero-order valence-corrected chi connectivity index (χ0v) is 16.8. The molecule has 0 fully saturated rings. The fraction of sp³-hybridized carbons (Fsp3) is 0.273. The van der Waals surface area contributed by atoms with Crippen molar-refractivity contribution >= 4 is 17.7 Å². The van der Waals surface area contributed by atoms with Gasteiger partial charge in [0.05, 0.1) is 28.7 Å². The summed E-state index contributed by atoms with van der Waals surface area (Å²) in [6, 6.07) is 14.3. The molecule has 1 atom stereocenters. The Hall–Kier alpha value is -3.68. The number of amides is 2. The van der Waals surface area contributed by atoms with Crippen LogP contribution in [-0.4, -0.2) is 35.0 Å². The van der Waals surface area contributed by atoms with Gasteiger partial charge in [0.1, 0.15) is 0 Å². The number of ether oxygens (including phenoxy) is 1. The second kappa shape index (κ2) is 9.21. The number of esters is 1. The number of carbonyl (C=O) groups is 2. The maximum Gasteiger partial charge on any atom is 0.338 e. The van der Waals surface area contributed by atoms with Gasteiger partial charge in [-0.2, -0.15) is 0 Å². The molecule has 0 spiro atoms. The van der Waals surface area contributed by atoms with Crippen molar-refractivity contribution in [3.05, 3.63) is 87.1 Å². The van der Waals surface area contributed by atoms with Crippen molar-refractivity contribution in [2.24, 2.45) is 0 Å². The van der Waals surface area contributed by atoms with Gasteiger partial charge >= 0.3 is 12.0 Å². The second-order valence-corrected chi connectivity index (χ2v) is 6.81. The predicted molar refractivity (Wildman–Crippen MR) is 111 cm³/mol. The number of rotatable bonds is 7. The van der Waals surface area contributed by atoms with Crippen molar-refractivity contribution in [3.8, 4) is 0 Å². The van der Waals surface area contributed by atoms with Crippen LogP contribution in [0.2, 0.25) is 0 Å². The highest BCUT2D eigenvalue weighted by Crippen LogP contribution is 2.35. The van der Waals surface area contributed by atoms with Crippen molar-refractivity contribution < 1.29 is 19.2 Å². The molecule has 0 radical (unpaired) electrons. The van der Waals surface area contributed by atoms with E-state index >= 15 is 0 Å². The molecule has 0 aromatic heterocycles. The molecule has 1 heterocycles. The molecule has 30 heavy (non-hydrogen) atoms. The average molecular weight is 409 g/mol. The first kappa shape index (κ1) is 21.0. The van der Waals surface area contributed by atoms with Gasteiger partial charge in [-0.1, -0.05) is 42.5 Å². The van der Waals surface area contributed by atoms with Crippen LogP contribution in [0, 0.1) is 10.1 Å². The summed E-state index contributed by atoms with van der Waals surface area (Å²) in [6.07, 6.45) is 0.541. The number of carbonyl (C=O) groups excluding carboxylic acids is 2. The minimum absolute atomic E-state index is 0.156. The average Bonchev–Trinajstić information content (AvgIpc) is 2.74. The van der Waals surface area contributed by atoms with E-state index in [0.29, 0.717) is 18.7 Å². The Kier molecular flexibility index (Phi) is 6.46. The lowest BCUT2D eigenvalue weighted by molar-refractivity contribution is -0.385. The number of nitro groups is 1. The van der Waals surface area contributed by atoms with Crippen LogP contribution in [0.3, 0.4) is 0 Å². The molecule has 0 aliphatic carbocycles. The van der Waals surface area contributed by atoms with Crippen LogP contribution in [-0.2, 0) is 16.0 Å². The maximum absolute atomic E-state index is 13.0. The van der Waals surface area contributed by atoms with E-state index in [0.717, 1.165) is 5.56 Å². The van der Waals surface area contributed by atoms with Crippen molar-refractivity contribution in [2.75, 3.05) is 13.2 Å². The summed E-state index contributed by atoms with van der Waals surface area (Å²) in [4.78, 5) is 37.9. The number of urea groups is 1. The van der Waals surface area contributed by atoms with Gasteiger partial charge in [-0.15, -0.1) is 0 Å². The Balaban J connectivity index is 1.92. The predicted octanol–water partition coefficient (Wildman–Crippen LogP) is 3.74. The molecule has 1 aliphatic rings. The SMILES string of the molecule is CCN1C(=O)N[C@@H](c2ccccc2[N+](=O)[O-])C(C(=O)OCCc2ccccc2)=C1C. The van der Waals surface area contributed by atoms with Gasteiger partial charge < -0.3 is 10.1 Å². The molecule has 1 aliphatic heterocycles. The third kappa shape index (κ3) is 4.32. The summed E-state index contributed by atoms with van der Waals surface area (Å²) in [5, 5.41) is 14.2. The quantitative estimate of drug-likeness (QED) is 0.426. The van der Waals surface area contributed by atoms with Crippen molar-refractivity contribution in [1.82, 2.24) is 10.2 Å². The molecule has 0 bridgehead atoms. The fourth-order valence-electron chi connectivity index (χ4n) is 3.54. The largest absolute Gasteiger partial charge is 0.462 e. The Morgan fingerprint density at radius 1 is 1.17 bits per heavy atom. The van der Waals surface area contributed by atoms with E-state index in [-0.39, 0.29) is 23.4 Å². The number of hydrogen-bond acceptors (Lipinski definition) is 5. The summed E-state index contributed by atoms with van der Waals surface area (Å²) in [6.45, 7) is 3.94. The number of benzene rings is 2. The van der Waals surface area contributed by atoms with Gasteiger partial charge in [0.2, 0.25) is 0 Å². The summed E-state index contributed by atoms with van der Waals surface area (Å²) < 4.78 is 5.49. The van der Waals surface area contributed by atoms with E-state index in [4.69, 9.17) is 4.74 Å². The topological polar surface area (TPSA) is 102 Å². The molecule has 2 aromatic carbocycles. The maximum atomic E-state index is 13.0. The lowest BCUT2D eigenvalue weighted by atomic mass is 9.93. The standard InChI is InChI=1S/C22H23N3O5/c1-3-24-15(2)19(21(26)30-14-13-16-9-5-4-6-10-16)20(23-22(24)27)17-11-7-8-12-18(17)25(28)29/h4-12,20H,3,13-14H2,1-2H3,(H,23,27)/t20-/m0/s1. The van der Waals surface area contributed by atoms with E-state index in [1.165, 1.54) is 17.0 Å². The Labute approximate surface area is 174 Å². The molecule has 8 heteroatoms. The van der Waals surface area contributed by atoms with Crippen LogP contribution in [0.4, 0.5) is 10.5 Å². The lowest BCUT2D eigenvalue weighted by Gasteiger charge is -2.34. The van der Waals surface area contributed by atoms with E-state index in [1.54, 1.807) is 26.0 Å². The Morgan fingerprint density at radius 2 is 1.83 bits per heavy atom. The zero-order valence-electron chi connectivity index (χ0n) is 16.8. The third-order valence-electron chi connectivity index (χ3n) is 5.04. The number of allylic oxidation sites excluding steroid dienone is 1. The van der Waals surface area contributed by atoms with Crippen LogP contribution in [0.5, 0.6) is 0 Å². The second-order valence-electron chi connectivity index (χ2n) is 6.81. The van der Waals surface area contributed by atoms with Gasteiger partial charge in [-0.05, 0) is 25.5 Å². The molecular formula is C22H23N3O5. The fourth-order valence-corrected chi connectivity index (χ4v) is 3.54. The highest BCUT2D eigenvalue weighted by molar-refractivity contribution is 5.95. The van der Waals surface area contributed by atoms with E-state index in [9.17, 15) is 19.7 Å². The van der Waals surface area contributed by atoms with Crippen molar-refractivity contribution in [1.29, 1.82) is 0 Å². The lowest BCUT2D eigenvalue weighted by Crippen LogP contribution is -2.48. The van der Waals surface area contributed by atoms with E-state index in [2.05, 4.69) is 5.32 Å². The number of nitro benzene ring substituents is 1. The number of hydrogen-bond donors (Lipinski definition) is 1. The Bertz CT molecular complexity index is 987. The van der Waals surface area contributed by atoms with Gasteiger partial charge in [-0.25, -0.2) is 9.59 Å². The normalized spacial score (nSPS) is 16.3. The van der Waals surface area contributed by atoms with Crippen LogP contribution in [0.1, 0.15) is 31.0 Å². The third-order valence-corrected chi connectivity index (χ3v) is 5.04. The van der Waals surface area contributed by atoms with Crippen LogP contribution in [0.15, 0.2) is 65.9 Å². The first-order valence-corrected chi connectivity index (χ1v) is 9.67. The van der Waals surface area contributed by atoms with Gasteiger partial charge in [-0.3, -0.25) is 15.0 Å². The van der Waals surface area contributed by atoms with Gasteiger partial charge in [0.25, 0.3) is 5.69 Å². The molecule has 2 amide bonds. The zero-order chi connectivity index (χ0) is 21.7. The van der Waals surface area contributed by atoms with E-state index in [1.807, 2.05) is 30.3 Å². The molecule has 0 saturated heterocycles. The summed E-state index contributed by atoms with van der Waals surface area (Å²) in [7, 11) is 0. The van der Waals surface area contributed by atoms with Crippen LogP contribution >= 0.6 is 0 Å². The van der Waals surface area contributed by atoms with Crippen molar-refractivity contribution in [3.63, 3.8) is 0 Å². The van der Waals surface area contributed by atoms with Gasteiger partial charge in [0, 0.05) is 24.7 Å². The highest BCUT2D eigenvalue weighted by Gasteiger charge is 2.38. The first-order valence-electron chi connectivity index (χ1n) is 9.67. The molecule has 1 N–H and O–H groups in total. The molecule has 8 nitrogen and oxygen atoms in total. The van der Waals surface area contributed by atoms with Gasteiger partial charge in [0.15, 0.2) is 0 Å². The minimum Gasteiger partial charge on any atom is -0.462 e. The van der Waals surface area contributed by atoms with E-state index < -0.39 is 23.0 Å². The molecule has 156 valence electrons. The molecule has 3 rings (SSSR count). The number of nitrogens with one attached hydrogen (secondary N) is 1. The Morgan fingerprint density at radius 3 is 2.50 bits per heavy atom. The van der Waals surface area contributed by atoms with Crippen molar-refractivity contribution in [2.45, 2.75) is 26.3 Å². The molecular weight excluding hydrogens is 386 g/mol.